The van der Waals surface area contributed by atoms with Gasteiger partial charge in [0.25, 0.3) is 0 Å². The van der Waals surface area contributed by atoms with Crippen LogP contribution in [0, 0.1) is 0 Å². The highest BCUT2D eigenvalue weighted by molar-refractivity contribution is 5.66. The van der Waals surface area contributed by atoms with Gasteiger partial charge < -0.3 is 9.47 Å². The normalized spacial score (nSPS) is 13.7. The van der Waals surface area contributed by atoms with Crippen molar-refractivity contribution in [2.24, 2.45) is 0 Å². The Morgan fingerprint density at radius 2 is 1.42 bits per heavy atom. The minimum absolute atomic E-state index is 0.0275. The topological polar surface area (TPSA) is 52.6 Å². The minimum Gasteiger partial charge on any atom is -0.463 e. The first-order chi connectivity index (χ1) is 8.95. The molecule has 0 bridgehead atoms. The summed E-state index contributed by atoms with van der Waals surface area (Å²) in [4.78, 5) is 21.8. The zero-order valence-electron chi connectivity index (χ0n) is 12.7. The molecular weight excluding hydrogens is 244 g/mol. The first kappa shape index (κ1) is 17.9. The summed E-state index contributed by atoms with van der Waals surface area (Å²) in [6.45, 7) is 6.92. The molecule has 112 valence electrons. The summed E-state index contributed by atoms with van der Waals surface area (Å²) in [6, 6.07) is 0. The zero-order chi connectivity index (χ0) is 14.7. The van der Waals surface area contributed by atoms with Gasteiger partial charge in [0, 0.05) is 13.8 Å². The lowest BCUT2D eigenvalue weighted by atomic mass is 10.0. The molecule has 0 aromatic carbocycles. The van der Waals surface area contributed by atoms with Gasteiger partial charge in [-0.15, -0.1) is 0 Å². The Kier molecular flexibility index (Phi) is 10.2. The fourth-order valence-corrected chi connectivity index (χ4v) is 2.07. The lowest BCUT2D eigenvalue weighted by Crippen LogP contribution is -2.17. The molecule has 0 aliphatic heterocycles. The third kappa shape index (κ3) is 11.7. The van der Waals surface area contributed by atoms with Crippen molar-refractivity contribution < 1.29 is 19.1 Å². The second-order valence-electron chi connectivity index (χ2n) is 5.08. The van der Waals surface area contributed by atoms with Crippen LogP contribution in [0.25, 0.3) is 0 Å². The van der Waals surface area contributed by atoms with E-state index < -0.39 is 0 Å². The van der Waals surface area contributed by atoms with E-state index in [4.69, 9.17) is 9.47 Å². The molecule has 0 amide bonds. The molecule has 2 unspecified atom stereocenters. The van der Waals surface area contributed by atoms with Crippen LogP contribution in [0.5, 0.6) is 0 Å². The van der Waals surface area contributed by atoms with Crippen LogP contribution in [-0.2, 0) is 19.1 Å². The average molecular weight is 272 g/mol. The number of ether oxygens (including phenoxy) is 2. The lowest BCUT2D eigenvalue weighted by Gasteiger charge is -2.17. The van der Waals surface area contributed by atoms with E-state index in [1.54, 1.807) is 0 Å². The van der Waals surface area contributed by atoms with Crippen LogP contribution in [0.3, 0.4) is 0 Å². The lowest BCUT2D eigenvalue weighted by molar-refractivity contribution is -0.148. The first-order valence-corrected chi connectivity index (χ1v) is 7.30. The fraction of sp³-hybridized carbons (Fsp3) is 0.867. The number of hydrogen-bond acceptors (Lipinski definition) is 4. The van der Waals surface area contributed by atoms with E-state index in [1.165, 1.54) is 13.8 Å². The Labute approximate surface area is 116 Å². The first-order valence-electron chi connectivity index (χ1n) is 7.30. The third-order valence-corrected chi connectivity index (χ3v) is 2.97. The Morgan fingerprint density at radius 3 is 1.95 bits per heavy atom. The highest BCUT2D eigenvalue weighted by atomic mass is 16.5. The Morgan fingerprint density at radius 1 is 0.895 bits per heavy atom. The van der Waals surface area contributed by atoms with E-state index in [0.29, 0.717) is 0 Å². The molecule has 19 heavy (non-hydrogen) atoms. The molecule has 4 nitrogen and oxygen atoms in total. The predicted octanol–water partition coefficient (Wildman–Crippen LogP) is 3.62. The number of esters is 2. The molecule has 0 fully saturated rings. The monoisotopic (exact) mass is 272 g/mol. The van der Waals surface area contributed by atoms with Crippen LogP contribution in [0.15, 0.2) is 0 Å². The number of rotatable bonds is 10. The molecule has 0 N–H and O–H groups in total. The molecule has 0 radical (unpaired) electrons. The molecule has 0 aromatic heterocycles. The van der Waals surface area contributed by atoms with Gasteiger partial charge in [-0.3, -0.25) is 9.59 Å². The minimum atomic E-state index is -0.228. The number of carbonyl (C=O) groups excluding carboxylic acids is 2. The molecule has 0 rings (SSSR count). The van der Waals surface area contributed by atoms with E-state index in [2.05, 4.69) is 6.92 Å². The zero-order valence-corrected chi connectivity index (χ0v) is 12.7. The van der Waals surface area contributed by atoms with Gasteiger partial charge in [0.05, 0.1) is 6.10 Å². The van der Waals surface area contributed by atoms with Crippen molar-refractivity contribution in [1.29, 1.82) is 0 Å². The van der Waals surface area contributed by atoms with E-state index in [-0.39, 0.29) is 24.1 Å². The van der Waals surface area contributed by atoms with Gasteiger partial charge in [-0.1, -0.05) is 19.8 Å². The maximum atomic E-state index is 11.0. The summed E-state index contributed by atoms with van der Waals surface area (Å²) in [5, 5.41) is 0. The van der Waals surface area contributed by atoms with Gasteiger partial charge in [-0.25, -0.2) is 0 Å². The van der Waals surface area contributed by atoms with Crippen molar-refractivity contribution in [1.82, 2.24) is 0 Å². The summed E-state index contributed by atoms with van der Waals surface area (Å²) >= 11 is 0. The van der Waals surface area contributed by atoms with Crippen LogP contribution in [0.1, 0.15) is 72.6 Å². The van der Waals surface area contributed by atoms with Gasteiger partial charge in [-0.05, 0) is 39.0 Å². The highest BCUT2D eigenvalue weighted by Gasteiger charge is 2.12. The number of unbranched alkanes of at least 4 members (excludes halogenated alkanes) is 2. The van der Waals surface area contributed by atoms with Crippen molar-refractivity contribution in [3.05, 3.63) is 0 Å². The van der Waals surface area contributed by atoms with E-state index in [1.807, 2.05) is 6.92 Å². The Bertz CT molecular complexity index is 263. The third-order valence-electron chi connectivity index (χ3n) is 2.97. The Hall–Kier alpha value is -1.06. The van der Waals surface area contributed by atoms with Gasteiger partial charge in [0.2, 0.25) is 0 Å². The summed E-state index contributed by atoms with van der Waals surface area (Å²) in [7, 11) is 0. The van der Waals surface area contributed by atoms with Crippen molar-refractivity contribution in [3.63, 3.8) is 0 Å². The number of carbonyl (C=O) groups is 2. The Balaban J connectivity index is 3.78. The van der Waals surface area contributed by atoms with Crippen LogP contribution >= 0.6 is 0 Å². The molecule has 0 aliphatic carbocycles. The number of hydrogen-bond donors (Lipinski definition) is 0. The van der Waals surface area contributed by atoms with Crippen LogP contribution in [0.4, 0.5) is 0 Å². The van der Waals surface area contributed by atoms with Crippen LogP contribution in [-0.4, -0.2) is 24.1 Å². The quantitative estimate of drug-likeness (QED) is 0.450. The van der Waals surface area contributed by atoms with Gasteiger partial charge in [0.15, 0.2) is 0 Å². The molecule has 0 saturated heterocycles. The maximum absolute atomic E-state index is 11.0. The van der Waals surface area contributed by atoms with E-state index in [0.717, 1.165) is 44.9 Å². The molecule has 4 heteroatoms. The predicted molar refractivity (Wildman–Crippen MR) is 74.8 cm³/mol. The smallest absolute Gasteiger partial charge is 0.302 e. The van der Waals surface area contributed by atoms with Gasteiger partial charge in [-0.2, -0.15) is 0 Å². The SMILES string of the molecule is CCCCC(CCCCC(C)OC(C)=O)OC(C)=O. The summed E-state index contributed by atoms with van der Waals surface area (Å²) in [5.41, 5.74) is 0. The van der Waals surface area contributed by atoms with Crippen molar-refractivity contribution in [2.75, 3.05) is 0 Å². The standard InChI is InChI=1S/C15H28O4/c1-5-6-10-15(19-14(4)17)11-8-7-9-12(2)18-13(3)16/h12,15H,5-11H2,1-4H3. The summed E-state index contributed by atoms with van der Waals surface area (Å²) < 4.78 is 10.4. The van der Waals surface area contributed by atoms with Gasteiger partial charge >= 0.3 is 11.9 Å². The molecule has 2 atom stereocenters. The second-order valence-corrected chi connectivity index (χ2v) is 5.08. The van der Waals surface area contributed by atoms with Crippen molar-refractivity contribution >= 4 is 11.9 Å². The molecule has 0 spiro atoms. The second kappa shape index (κ2) is 10.8. The largest absolute Gasteiger partial charge is 0.463 e. The maximum Gasteiger partial charge on any atom is 0.302 e. The molecule has 0 saturated carbocycles. The van der Waals surface area contributed by atoms with Crippen molar-refractivity contribution in [2.45, 2.75) is 84.8 Å². The fourth-order valence-electron chi connectivity index (χ4n) is 2.07. The van der Waals surface area contributed by atoms with E-state index in [9.17, 15) is 9.59 Å². The molecular formula is C15H28O4. The van der Waals surface area contributed by atoms with Crippen molar-refractivity contribution in [3.8, 4) is 0 Å². The van der Waals surface area contributed by atoms with E-state index >= 15 is 0 Å². The summed E-state index contributed by atoms with van der Waals surface area (Å²) in [6.07, 6.45) is 6.89. The van der Waals surface area contributed by atoms with Gasteiger partial charge in [0.1, 0.15) is 6.10 Å². The molecule has 0 aliphatic rings. The van der Waals surface area contributed by atoms with Crippen LogP contribution in [0.2, 0.25) is 0 Å². The van der Waals surface area contributed by atoms with Crippen LogP contribution < -0.4 is 0 Å². The highest BCUT2D eigenvalue weighted by Crippen LogP contribution is 2.15. The average Bonchev–Trinajstić information content (AvgIpc) is 2.29. The summed E-state index contributed by atoms with van der Waals surface area (Å²) in [5.74, 6) is -0.428. The molecule has 0 aromatic rings. The molecule has 0 heterocycles.